The van der Waals surface area contributed by atoms with Crippen LogP contribution in [-0.2, 0) is 9.53 Å². The van der Waals surface area contributed by atoms with E-state index in [-0.39, 0.29) is 11.9 Å². The van der Waals surface area contributed by atoms with Crippen molar-refractivity contribution >= 4 is 27.4 Å². The number of nitrogens with one attached hydrogen (secondary N) is 1. The molecule has 4 nitrogen and oxygen atoms in total. The first kappa shape index (κ1) is 15.9. The summed E-state index contributed by atoms with van der Waals surface area (Å²) in [7, 11) is 1.40. The quantitative estimate of drug-likeness (QED) is 0.842. The molecule has 0 amide bonds. The third kappa shape index (κ3) is 2.54. The van der Waals surface area contributed by atoms with Crippen LogP contribution in [0.2, 0.25) is 0 Å². The molecule has 1 aliphatic carbocycles. The number of rotatable bonds is 3. The number of methoxy groups -OCH3 is 1. The van der Waals surface area contributed by atoms with E-state index in [0.717, 1.165) is 39.9 Å². The van der Waals surface area contributed by atoms with Gasteiger partial charge in [0.25, 0.3) is 0 Å². The lowest BCUT2D eigenvalue weighted by atomic mass is 9.80. The van der Waals surface area contributed by atoms with E-state index >= 15 is 0 Å². The first-order valence-corrected chi connectivity index (χ1v) is 9.20. The lowest BCUT2D eigenvalue weighted by molar-refractivity contribution is -0.136. The lowest BCUT2D eigenvalue weighted by Gasteiger charge is -2.29. The van der Waals surface area contributed by atoms with Crippen LogP contribution in [0, 0.1) is 17.2 Å². The number of fused-ring (bicyclic) bond motifs is 1. The number of benzene rings is 1. The molecule has 25 heavy (non-hydrogen) atoms. The fourth-order valence-electron chi connectivity index (χ4n) is 3.57. The topological polar surface area (TPSA) is 62.1 Å². The van der Waals surface area contributed by atoms with Gasteiger partial charge >= 0.3 is 5.97 Å². The summed E-state index contributed by atoms with van der Waals surface area (Å²) in [5, 5.41) is 16.3. The number of carbonyl (C=O) groups is 1. The summed E-state index contributed by atoms with van der Waals surface area (Å²) in [6, 6.07) is 10.4. The van der Waals surface area contributed by atoms with Gasteiger partial charge < -0.3 is 10.1 Å². The Morgan fingerprint density at radius 1 is 1.36 bits per heavy atom. The average molecular weight is 350 g/mol. The number of ether oxygens (including phenoxy) is 1. The standard InChI is InChI=1S/C20H18N2O2S/c1-11-14(9-21)17(15-10-25-16-6-4-3-5-13(15)16)18(20(23)24-2)19(22-11)12-7-8-12/h3-6,10,12,17,22H,7-8H2,1-2H3. The largest absolute Gasteiger partial charge is 0.466 e. The molecule has 2 aliphatic rings. The molecule has 1 atom stereocenters. The fourth-order valence-corrected chi connectivity index (χ4v) is 4.55. The Hall–Kier alpha value is -2.58. The Morgan fingerprint density at radius 3 is 2.80 bits per heavy atom. The van der Waals surface area contributed by atoms with Gasteiger partial charge in [-0.2, -0.15) is 5.26 Å². The van der Waals surface area contributed by atoms with Crippen molar-refractivity contribution < 1.29 is 9.53 Å². The summed E-state index contributed by atoms with van der Waals surface area (Å²) < 4.78 is 6.26. The highest BCUT2D eigenvalue weighted by Crippen LogP contribution is 2.47. The van der Waals surface area contributed by atoms with Gasteiger partial charge in [-0.3, -0.25) is 0 Å². The number of thiophene rings is 1. The van der Waals surface area contributed by atoms with Gasteiger partial charge in [0.05, 0.1) is 30.2 Å². The van der Waals surface area contributed by atoms with Crippen LogP contribution in [0.5, 0.6) is 0 Å². The average Bonchev–Trinajstić information content (AvgIpc) is 3.39. The summed E-state index contributed by atoms with van der Waals surface area (Å²) >= 11 is 1.64. The molecule has 2 aromatic rings. The molecule has 0 spiro atoms. The number of hydrogen-bond donors (Lipinski definition) is 1. The van der Waals surface area contributed by atoms with E-state index in [2.05, 4.69) is 28.9 Å². The number of nitriles is 1. The Labute approximate surface area is 150 Å². The summed E-state index contributed by atoms with van der Waals surface area (Å²) in [4.78, 5) is 12.7. The third-order valence-electron chi connectivity index (χ3n) is 4.93. The van der Waals surface area contributed by atoms with Crippen LogP contribution in [0.3, 0.4) is 0 Å². The van der Waals surface area contributed by atoms with E-state index in [1.807, 2.05) is 19.1 Å². The smallest absolute Gasteiger partial charge is 0.336 e. The molecule has 0 bridgehead atoms. The van der Waals surface area contributed by atoms with Gasteiger partial charge in [0.15, 0.2) is 0 Å². The van der Waals surface area contributed by atoms with Gasteiger partial charge in [0.2, 0.25) is 0 Å². The van der Waals surface area contributed by atoms with Gasteiger partial charge in [0, 0.05) is 16.1 Å². The maximum atomic E-state index is 12.7. The van der Waals surface area contributed by atoms with E-state index in [1.165, 1.54) is 7.11 Å². The first-order valence-electron chi connectivity index (χ1n) is 8.32. The molecular formula is C20H18N2O2S. The van der Waals surface area contributed by atoms with E-state index in [1.54, 1.807) is 11.3 Å². The highest BCUT2D eigenvalue weighted by atomic mass is 32.1. The number of esters is 1. The maximum Gasteiger partial charge on any atom is 0.336 e. The summed E-state index contributed by atoms with van der Waals surface area (Å²) in [6.07, 6.45) is 2.13. The predicted molar refractivity (Wildman–Crippen MR) is 97.8 cm³/mol. The van der Waals surface area contributed by atoms with Crippen molar-refractivity contribution in [2.45, 2.75) is 25.7 Å². The Morgan fingerprint density at radius 2 is 2.12 bits per heavy atom. The lowest BCUT2D eigenvalue weighted by Crippen LogP contribution is -2.30. The van der Waals surface area contributed by atoms with Gasteiger partial charge in [-0.05, 0) is 48.1 Å². The molecular weight excluding hydrogens is 332 g/mol. The number of dihydropyridines is 1. The van der Waals surface area contributed by atoms with Crippen LogP contribution in [0.1, 0.15) is 31.2 Å². The van der Waals surface area contributed by atoms with Crippen molar-refractivity contribution in [3.8, 4) is 6.07 Å². The van der Waals surface area contributed by atoms with Gasteiger partial charge in [0.1, 0.15) is 0 Å². The zero-order chi connectivity index (χ0) is 17.6. The van der Waals surface area contributed by atoms with Crippen LogP contribution in [0.25, 0.3) is 10.1 Å². The van der Waals surface area contributed by atoms with E-state index < -0.39 is 0 Å². The summed E-state index contributed by atoms with van der Waals surface area (Å²) in [6.45, 7) is 1.91. The molecule has 1 aromatic carbocycles. The minimum absolute atomic E-state index is 0.352. The Kier molecular flexibility index (Phi) is 3.85. The van der Waals surface area contributed by atoms with Crippen molar-refractivity contribution in [2.24, 2.45) is 5.92 Å². The highest BCUT2D eigenvalue weighted by molar-refractivity contribution is 7.17. The second-order valence-corrected chi connectivity index (χ2v) is 7.40. The molecule has 1 saturated carbocycles. The molecule has 0 radical (unpaired) electrons. The normalized spacial score (nSPS) is 20.4. The molecule has 1 fully saturated rings. The molecule has 1 aromatic heterocycles. The molecule has 4 rings (SSSR count). The molecule has 2 heterocycles. The Bertz CT molecular complexity index is 973. The second-order valence-electron chi connectivity index (χ2n) is 6.49. The number of nitrogens with zero attached hydrogens (tertiary/aromatic N) is 1. The van der Waals surface area contributed by atoms with Crippen molar-refractivity contribution in [1.29, 1.82) is 5.26 Å². The highest BCUT2D eigenvalue weighted by Gasteiger charge is 2.41. The molecule has 126 valence electrons. The minimum atomic E-state index is -0.370. The number of hydrogen-bond acceptors (Lipinski definition) is 5. The number of allylic oxidation sites excluding steroid dienone is 3. The van der Waals surface area contributed by atoms with Gasteiger partial charge in [-0.25, -0.2) is 4.79 Å². The monoisotopic (exact) mass is 350 g/mol. The van der Waals surface area contributed by atoms with Gasteiger partial charge in [-0.15, -0.1) is 11.3 Å². The van der Waals surface area contributed by atoms with E-state index in [0.29, 0.717) is 17.1 Å². The van der Waals surface area contributed by atoms with Crippen LogP contribution in [0.15, 0.2) is 52.2 Å². The maximum absolute atomic E-state index is 12.7. The summed E-state index contributed by atoms with van der Waals surface area (Å²) in [5.41, 5.74) is 3.96. The number of carbonyl (C=O) groups excluding carboxylic acids is 1. The first-order chi connectivity index (χ1) is 12.2. The summed E-state index contributed by atoms with van der Waals surface area (Å²) in [5.74, 6) is -0.364. The second kappa shape index (κ2) is 6.05. The van der Waals surface area contributed by atoms with Crippen LogP contribution in [0.4, 0.5) is 0 Å². The van der Waals surface area contributed by atoms with Crippen LogP contribution < -0.4 is 5.32 Å². The van der Waals surface area contributed by atoms with Crippen molar-refractivity contribution in [1.82, 2.24) is 5.32 Å². The van der Waals surface area contributed by atoms with Crippen molar-refractivity contribution in [3.05, 3.63) is 57.7 Å². The molecule has 1 N–H and O–H groups in total. The van der Waals surface area contributed by atoms with Crippen molar-refractivity contribution in [2.75, 3.05) is 7.11 Å². The SMILES string of the molecule is COC(=O)C1=C(C2CC2)NC(C)=C(C#N)C1c1csc2ccccc12. The molecule has 1 unspecified atom stereocenters. The zero-order valence-electron chi connectivity index (χ0n) is 14.1. The van der Waals surface area contributed by atoms with Crippen molar-refractivity contribution in [3.63, 3.8) is 0 Å². The minimum Gasteiger partial charge on any atom is -0.466 e. The third-order valence-corrected chi connectivity index (χ3v) is 5.91. The van der Waals surface area contributed by atoms with Gasteiger partial charge in [-0.1, -0.05) is 18.2 Å². The van der Waals surface area contributed by atoms with Crippen LogP contribution >= 0.6 is 11.3 Å². The molecule has 5 heteroatoms. The zero-order valence-corrected chi connectivity index (χ0v) is 14.9. The molecule has 1 aliphatic heterocycles. The van der Waals surface area contributed by atoms with E-state index in [9.17, 15) is 10.1 Å². The fraction of sp³-hybridized carbons (Fsp3) is 0.300. The predicted octanol–water partition coefficient (Wildman–Crippen LogP) is 4.22. The Balaban J connectivity index is 1.98. The molecule has 0 saturated heterocycles. The van der Waals surface area contributed by atoms with Crippen LogP contribution in [-0.4, -0.2) is 13.1 Å². The van der Waals surface area contributed by atoms with E-state index in [4.69, 9.17) is 4.74 Å².